The zero-order chi connectivity index (χ0) is 18.4. The Balaban J connectivity index is 1.92. The maximum Gasteiger partial charge on any atom is 0.349 e. The molecule has 0 bridgehead atoms. The van der Waals surface area contributed by atoms with Crippen molar-refractivity contribution in [3.05, 3.63) is 44.9 Å². The lowest BCUT2D eigenvalue weighted by Gasteiger charge is -2.13. The zero-order valence-electron chi connectivity index (χ0n) is 14.3. The van der Waals surface area contributed by atoms with Crippen LogP contribution in [0.5, 0.6) is 23.0 Å². The lowest BCUT2D eigenvalue weighted by atomic mass is 10.1. The number of hydrogen-bond acceptors (Lipinski definition) is 7. The molecular weight excluding hydrogens is 342 g/mol. The molecule has 0 fully saturated rings. The summed E-state index contributed by atoms with van der Waals surface area (Å²) >= 11 is 0. The molecule has 1 aromatic heterocycles. The number of rotatable bonds is 3. The second kappa shape index (κ2) is 5.83. The highest BCUT2D eigenvalue weighted by molar-refractivity contribution is 6.05. The van der Waals surface area contributed by atoms with Gasteiger partial charge in [-0.25, -0.2) is 4.79 Å². The molecule has 0 amide bonds. The number of aromatic nitrogens is 1. The molecule has 0 saturated carbocycles. The molecule has 8 heteroatoms. The first kappa shape index (κ1) is 16.1. The third-order valence-corrected chi connectivity index (χ3v) is 4.14. The molecule has 4 rings (SSSR count). The minimum absolute atomic E-state index is 0.0199. The third kappa shape index (κ3) is 2.30. The van der Waals surface area contributed by atoms with E-state index in [0.717, 1.165) is 0 Å². The number of aromatic amines is 1. The maximum atomic E-state index is 12.1. The van der Waals surface area contributed by atoms with E-state index >= 15 is 0 Å². The highest BCUT2D eigenvalue weighted by atomic mass is 16.7. The lowest BCUT2D eigenvalue weighted by Crippen LogP contribution is -2.16. The molecule has 2 aliphatic rings. The van der Waals surface area contributed by atoms with Gasteiger partial charge in [-0.1, -0.05) is 0 Å². The van der Waals surface area contributed by atoms with Gasteiger partial charge >= 0.3 is 5.97 Å². The Morgan fingerprint density at radius 1 is 1.12 bits per heavy atom. The van der Waals surface area contributed by atoms with Crippen LogP contribution in [0.15, 0.2) is 16.9 Å². The summed E-state index contributed by atoms with van der Waals surface area (Å²) in [6.07, 6.45) is 1.60. The van der Waals surface area contributed by atoms with Gasteiger partial charge in [-0.2, -0.15) is 0 Å². The number of ether oxygens (including phenoxy) is 5. The number of methoxy groups -OCH3 is 2. The SMILES string of the molecule is COc1c(/C=C2/OC(=O)c3c2cc(C)[nH]c3=O)cc2c(c1OC)OCO2. The number of aryl methyl sites for hydroxylation is 1. The van der Waals surface area contributed by atoms with Crippen LogP contribution in [-0.4, -0.2) is 32.0 Å². The number of H-pyrrole nitrogens is 1. The number of esters is 1. The summed E-state index contributed by atoms with van der Waals surface area (Å²) in [6.45, 7) is 1.80. The minimum atomic E-state index is -0.695. The zero-order valence-corrected chi connectivity index (χ0v) is 14.3. The molecule has 3 heterocycles. The molecular formula is C18H15NO7. The highest BCUT2D eigenvalue weighted by Crippen LogP contribution is 2.50. The molecule has 0 radical (unpaired) electrons. The lowest BCUT2D eigenvalue weighted by molar-refractivity contribution is 0.0715. The van der Waals surface area contributed by atoms with E-state index in [4.69, 9.17) is 23.7 Å². The molecule has 26 heavy (non-hydrogen) atoms. The summed E-state index contributed by atoms with van der Waals surface area (Å²) in [4.78, 5) is 26.7. The number of nitrogens with one attached hydrogen (secondary N) is 1. The van der Waals surface area contributed by atoms with Gasteiger partial charge in [0.15, 0.2) is 11.5 Å². The maximum absolute atomic E-state index is 12.1. The van der Waals surface area contributed by atoms with Gasteiger partial charge in [-0.15, -0.1) is 0 Å². The Kier molecular flexibility index (Phi) is 3.61. The number of carbonyl (C=O) groups is 1. The molecule has 1 aromatic carbocycles. The van der Waals surface area contributed by atoms with Crippen molar-refractivity contribution in [2.45, 2.75) is 6.92 Å². The molecule has 1 N–H and O–H groups in total. The van der Waals surface area contributed by atoms with Crippen LogP contribution in [0.25, 0.3) is 11.8 Å². The second-order valence-electron chi connectivity index (χ2n) is 5.73. The first-order valence-corrected chi connectivity index (χ1v) is 7.76. The normalized spacial score (nSPS) is 15.8. The van der Waals surface area contributed by atoms with Crippen molar-refractivity contribution in [1.82, 2.24) is 4.98 Å². The Morgan fingerprint density at radius 3 is 2.62 bits per heavy atom. The fraction of sp³-hybridized carbons (Fsp3) is 0.222. The van der Waals surface area contributed by atoms with Gasteiger partial charge in [0, 0.05) is 16.8 Å². The van der Waals surface area contributed by atoms with Gasteiger partial charge < -0.3 is 28.7 Å². The highest BCUT2D eigenvalue weighted by Gasteiger charge is 2.31. The van der Waals surface area contributed by atoms with E-state index in [2.05, 4.69) is 4.98 Å². The van der Waals surface area contributed by atoms with Crippen LogP contribution >= 0.6 is 0 Å². The number of carbonyl (C=O) groups excluding carboxylic acids is 1. The van der Waals surface area contributed by atoms with Gasteiger partial charge in [0.05, 0.1) is 14.2 Å². The van der Waals surface area contributed by atoms with Crippen LogP contribution in [0.2, 0.25) is 0 Å². The molecule has 0 aliphatic carbocycles. The van der Waals surface area contributed by atoms with Gasteiger partial charge in [0.25, 0.3) is 5.56 Å². The molecule has 2 aliphatic heterocycles. The molecule has 0 saturated heterocycles. The third-order valence-electron chi connectivity index (χ3n) is 4.14. The summed E-state index contributed by atoms with van der Waals surface area (Å²) in [7, 11) is 2.98. The Bertz CT molecular complexity index is 1020. The Hall–Kier alpha value is -3.42. The largest absolute Gasteiger partial charge is 0.492 e. The van der Waals surface area contributed by atoms with E-state index < -0.39 is 11.5 Å². The first-order valence-electron chi connectivity index (χ1n) is 7.76. The monoisotopic (exact) mass is 357 g/mol. The average Bonchev–Trinajstić information content (AvgIpc) is 3.18. The Labute approximate surface area is 147 Å². The van der Waals surface area contributed by atoms with E-state index in [1.54, 1.807) is 25.1 Å². The van der Waals surface area contributed by atoms with Crippen molar-refractivity contribution in [2.75, 3.05) is 21.0 Å². The number of pyridine rings is 1. The quantitative estimate of drug-likeness (QED) is 0.840. The van der Waals surface area contributed by atoms with Crippen molar-refractivity contribution >= 4 is 17.8 Å². The number of benzene rings is 1. The smallest absolute Gasteiger partial charge is 0.349 e. The first-order chi connectivity index (χ1) is 12.5. The fourth-order valence-electron chi connectivity index (χ4n) is 3.06. The fourth-order valence-corrected chi connectivity index (χ4v) is 3.06. The number of cyclic esters (lactones) is 1. The van der Waals surface area contributed by atoms with Crippen LogP contribution in [0, 0.1) is 6.92 Å². The van der Waals surface area contributed by atoms with Crippen LogP contribution in [0.1, 0.15) is 27.2 Å². The van der Waals surface area contributed by atoms with Crippen molar-refractivity contribution in [3.8, 4) is 23.0 Å². The summed E-state index contributed by atoms with van der Waals surface area (Å²) < 4.78 is 27.0. The van der Waals surface area contributed by atoms with Gasteiger partial charge in [0.1, 0.15) is 11.3 Å². The van der Waals surface area contributed by atoms with Crippen LogP contribution in [0.4, 0.5) is 0 Å². The molecule has 0 spiro atoms. The van der Waals surface area contributed by atoms with E-state index in [9.17, 15) is 9.59 Å². The predicted molar refractivity (Wildman–Crippen MR) is 90.8 cm³/mol. The van der Waals surface area contributed by atoms with Crippen molar-refractivity contribution in [1.29, 1.82) is 0 Å². The van der Waals surface area contributed by atoms with Crippen molar-refractivity contribution in [3.63, 3.8) is 0 Å². The summed E-state index contributed by atoms with van der Waals surface area (Å²) in [5, 5.41) is 0. The van der Waals surface area contributed by atoms with Gasteiger partial charge in [-0.3, -0.25) is 4.79 Å². The summed E-state index contributed by atoms with van der Waals surface area (Å²) in [5.41, 5.74) is 1.10. The predicted octanol–water partition coefficient (Wildman–Crippen LogP) is 2.10. The topological polar surface area (TPSA) is 96.1 Å². The molecule has 2 aromatic rings. The van der Waals surface area contributed by atoms with Crippen molar-refractivity contribution < 1.29 is 28.5 Å². The van der Waals surface area contributed by atoms with Gasteiger partial charge in [-0.05, 0) is 25.1 Å². The Morgan fingerprint density at radius 2 is 1.88 bits per heavy atom. The van der Waals surface area contributed by atoms with E-state index in [1.165, 1.54) is 14.2 Å². The van der Waals surface area contributed by atoms with E-state index in [-0.39, 0.29) is 18.1 Å². The van der Waals surface area contributed by atoms with Crippen LogP contribution in [0.3, 0.4) is 0 Å². The van der Waals surface area contributed by atoms with Crippen LogP contribution in [-0.2, 0) is 4.74 Å². The second-order valence-corrected chi connectivity index (χ2v) is 5.73. The molecule has 0 atom stereocenters. The van der Waals surface area contributed by atoms with E-state index in [1.807, 2.05) is 0 Å². The molecule has 8 nitrogen and oxygen atoms in total. The van der Waals surface area contributed by atoms with Crippen molar-refractivity contribution in [2.24, 2.45) is 0 Å². The molecule has 134 valence electrons. The number of hydrogen-bond donors (Lipinski definition) is 1. The summed E-state index contributed by atoms with van der Waals surface area (Å²) in [6, 6.07) is 3.38. The summed E-state index contributed by atoms with van der Waals surface area (Å²) in [5.74, 6) is 1.26. The number of fused-ring (bicyclic) bond motifs is 2. The minimum Gasteiger partial charge on any atom is -0.492 e. The average molecular weight is 357 g/mol. The standard InChI is InChI=1S/C18H15NO7/c1-8-4-10-11(26-18(21)13(10)17(20)19-8)5-9-6-12-15(25-7-24-12)16(23-3)14(9)22-2/h4-6H,7H2,1-3H3,(H,19,20)/b11-5+. The molecule has 0 unspecified atom stereocenters. The van der Waals surface area contributed by atoms with E-state index in [0.29, 0.717) is 39.8 Å². The van der Waals surface area contributed by atoms with Crippen LogP contribution < -0.4 is 24.5 Å². The van der Waals surface area contributed by atoms with Gasteiger partial charge in [0.2, 0.25) is 18.3 Å².